The molecule has 1 heterocycles. The van der Waals surface area contributed by atoms with Gasteiger partial charge in [0.05, 0.1) is 12.7 Å². The van der Waals surface area contributed by atoms with Crippen molar-refractivity contribution >= 4 is 5.91 Å². The molecule has 0 aromatic carbocycles. The molecule has 0 saturated heterocycles. The molecular formula is C9H15N3O2. The van der Waals surface area contributed by atoms with Crippen LogP contribution in [0.2, 0.25) is 0 Å². The first-order chi connectivity index (χ1) is 6.61. The van der Waals surface area contributed by atoms with Crippen molar-refractivity contribution in [2.45, 2.75) is 26.4 Å². The average molecular weight is 197 g/mol. The van der Waals surface area contributed by atoms with Crippen molar-refractivity contribution in [1.82, 2.24) is 10.5 Å². The lowest BCUT2D eigenvalue weighted by Crippen LogP contribution is -2.38. The quantitative estimate of drug-likeness (QED) is 0.726. The first-order valence-corrected chi connectivity index (χ1v) is 4.54. The fourth-order valence-electron chi connectivity index (χ4n) is 0.907. The van der Waals surface area contributed by atoms with Gasteiger partial charge in [-0.05, 0) is 6.92 Å². The zero-order valence-corrected chi connectivity index (χ0v) is 8.36. The number of carbonyl (C=O) groups is 1. The highest BCUT2D eigenvalue weighted by molar-refractivity contribution is 5.78. The minimum atomic E-state index is -0.196. The molecule has 5 heteroatoms. The summed E-state index contributed by atoms with van der Waals surface area (Å²) in [6, 6.07) is 1.56. The van der Waals surface area contributed by atoms with E-state index in [0.717, 1.165) is 0 Å². The molecule has 5 nitrogen and oxygen atoms in total. The van der Waals surface area contributed by atoms with Gasteiger partial charge >= 0.3 is 0 Å². The van der Waals surface area contributed by atoms with E-state index >= 15 is 0 Å². The Bertz CT molecular complexity index is 282. The van der Waals surface area contributed by atoms with Gasteiger partial charge in [-0.1, -0.05) is 12.1 Å². The molecule has 0 saturated carbocycles. The molecule has 3 N–H and O–H groups in total. The lowest BCUT2D eigenvalue weighted by atomic mass is 10.0. The van der Waals surface area contributed by atoms with Crippen LogP contribution in [0.3, 0.4) is 0 Å². The summed E-state index contributed by atoms with van der Waals surface area (Å²) < 4.78 is 4.83. The van der Waals surface area contributed by atoms with Crippen LogP contribution in [0.1, 0.15) is 19.6 Å². The first-order valence-electron chi connectivity index (χ1n) is 4.54. The van der Waals surface area contributed by atoms with Crippen LogP contribution in [0.15, 0.2) is 16.8 Å². The smallest absolute Gasteiger partial charge is 0.224 e. The molecule has 78 valence electrons. The van der Waals surface area contributed by atoms with Gasteiger partial charge < -0.3 is 15.6 Å². The molecule has 1 aromatic rings. The van der Waals surface area contributed by atoms with E-state index in [9.17, 15) is 4.79 Å². The number of nitrogens with two attached hydrogens (primary N) is 1. The summed E-state index contributed by atoms with van der Waals surface area (Å²) in [7, 11) is 0. The van der Waals surface area contributed by atoms with Crippen LogP contribution in [0.4, 0.5) is 0 Å². The van der Waals surface area contributed by atoms with Crippen LogP contribution < -0.4 is 11.1 Å². The fraction of sp³-hybridized carbons (Fsp3) is 0.556. The van der Waals surface area contributed by atoms with Crippen LogP contribution >= 0.6 is 0 Å². The highest BCUT2D eigenvalue weighted by Crippen LogP contribution is 2.01. The number of nitrogens with zero attached hydrogens (tertiary/aromatic N) is 1. The summed E-state index contributed by atoms with van der Waals surface area (Å²) in [5.74, 6) is 0.365. The highest BCUT2D eigenvalue weighted by atomic mass is 16.5. The highest BCUT2D eigenvalue weighted by Gasteiger charge is 2.16. The van der Waals surface area contributed by atoms with Crippen molar-refractivity contribution < 1.29 is 9.32 Å². The molecular weight excluding hydrogens is 182 g/mol. The molecule has 0 spiro atoms. The Hall–Kier alpha value is -1.36. The molecule has 1 amide bonds. The summed E-state index contributed by atoms with van der Waals surface area (Å²) in [6.45, 7) is 3.95. The van der Waals surface area contributed by atoms with E-state index in [2.05, 4.69) is 10.5 Å². The minimum Gasteiger partial charge on any atom is -0.360 e. The van der Waals surface area contributed by atoms with E-state index in [1.807, 2.05) is 0 Å². The monoisotopic (exact) mass is 197 g/mol. The van der Waals surface area contributed by atoms with Crippen molar-refractivity contribution in [3.8, 4) is 0 Å². The number of carbonyl (C=O) groups excluding carboxylic acids is 1. The number of aromatic nitrogens is 1. The zero-order valence-electron chi connectivity index (χ0n) is 8.36. The molecule has 0 fully saturated rings. The van der Waals surface area contributed by atoms with Gasteiger partial charge in [0.2, 0.25) is 5.91 Å². The minimum absolute atomic E-state index is 0.0728. The molecule has 14 heavy (non-hydrogen) atoms. The summed E-state index contributed by atoms with van der Waals surface area (Å²) in [5, 5.41) is 6.24. The second-order valence-corrected chi connectivity index (χ2v) is 3.34. The van der Waals surface area contributed by atoms with Gasteiger partial charge in [0.1, 0.15) is 0 Å². The Morgan fingerprint density at radius 2 is 2.43 bits per heavy atom. The summed E-state index contributed by atoms with van der Waals surface area (Å²) in [5.41, 5.74) is 5.59. The molecule has 0 radical (unpaired) electrons. The zero-order chi connectivity index (χ0) is 10.6. The van der Waals surface area contributed by atoms with Crippen LogP contribution in [0, 0.1) is 5.92 Å². The second kappa shape index (κ2) is 4.76. The van der Waals surface area contributed by atoms with Crippen LogP contribution in [-0.4, -0.2) is 17.1 Å². The third-order valence-electron chi connectivity index (χ3n) is 2.13. The van der Waals surface area contributed by atoms with Crippen molar-refractivity contribution in [2.24, 2.45) is 11.7 Å². The summed E-state index contributed by atoms with van der Waals surface area (Å²) in [4.78, 5) is 11.4. The molecule has 0 aliphatic rings. The SMILES string of the molecule is CC(N)C(C)C(=O)NCc1ccno1. The number of nitrogens with one attached hydrogen (secondary N) is 1. The number of rotatable bonds is 4. The standard InChI is InChI=1S/C9H15N3O2/c1-6(7(2)10)9(13)11-5-8-3-4-12-14-8/h3-4,6-7H,5,10H2,1-2H3,(H,11,13). The Morgan fingerprint density at radius 1 is 1.71 bits per heavy atom. The van der Waals surface area contributed by atoms with Gasteiger partial charge in [0, 0.05) is 18.0 Å². The topological polar surface area (TPSA) is 81.2 Å². The maximum absolute atomic E-state index is 11.4. The first kappa shape index (κ1) is 10.7. The van der Waals surface area contributed by atoms with Crippen LogP contribution in [0.25, 0.3) is 0 Å². The van der Waals surface area contributed by atoms with Crippen molar-refractivity contribution in [2.75, 3.05) is 0 Å². The summed E-state index contributed by atoms with van der Waals surface area (Å²) >= 11 is 0. The number of hydrogen-bond donors (Lipinski definition) is 2. The van der Waals surface area contributed by atoms with E-state index in [0.29, 0.717) is 12.3 Å². The third kappa shape index (κ3) is 2.85. The van der Waals surface area contributed by atoms with E-state index < -0.39 is 0 Å². The molecule has 1 rings (SSSR count). The van der Waals surface area contributed by atoms with Gasteiger partial charge in [-0.15, -0.1) is 0 Å². The Labute approximate surface area is 82.6 Å². The van der Waals surface area contributed by atoms with Crippen molar-refractivity contribution in [3.63, 3.8) is 0 Å². The number of amides is 1. The Balaban J connectivity index is 2.35. The predicted molar refractivity (Wildman–Crippen MR) is 51.2 cm³/mol. The predicted octanol–water partition coefficient (Wildman–Crippen LogP) is 0.274. The van der Waals surface area contributed by atoms with E-state index in [-0.39, 0.29) is 17.9 Å². The van der Waals surface area contributed by atoms with Gasteiger partial charge in [-0.3, -0.25) is 4.79 Å². The second-order valence-electron chi connectivity index (χ2n) is 3.34. The lowest BCUT2D eigenvalue weighted by molar-refractivity contribution is -0.125. The van der Waals surface area contributed by atoms with Crippen LogP contribution in [-0.2, 0) is 11.3 Å². The lowest BCUT2D eigenvalue weighted by Gasteiger charge is -2.14. The van der Waals surface area contributed by atoms with Crippen LogP contribution in [0.5, 0.6) is 0 Å². The van der Waals surface area contributed by atoms with Gasteiger partial charge in [0.25, 0.3) is 0 Å². The van der Waals surface area contributed by atoms with E-state index in [1.54, 1.807) is 19.9 Å². The molecule has 1 aromatic heterocycles. The van der Waals surface area contributed by atoms with E-state index in [1.165, 1.54) is 6.20 Å². The Kier molecular flexibility index (Phi) is 3.64. The third-order valence-corrected chi connectivity index (χ3v) is 2.13. The maximum Gasteiger partial charge on any atom is 0.224 e. The molecule has 2 atom stereocenters. The summed E-state index contributed by atoms with van der Waals surface area (Å²) in [6.07, 6.45) is 1.54. The van der Waals surface area contributed by atoms with E-state index in [4.69, 9.17) is 10.3 Å². The number of hydrogen-bond acceptors (Lipinski definition) is 4. The normalized spacial score (nSPS) is 14.8. The molecule has 0 bridgehead atoms. The molecule has 0 aliphatic heterocycles. The maximum atomic E-state index is 11.4. The van der Waals surface area contributed by atoms with Gasteiger partial charge in [0.15, 0.2) is 5.76 Å². The van der Waals surface area contributed by atoms with Crippen molar-refractivity contribution in [1.29, 1.82) is 0 Å². The average Bonchev–Trinajstić information content (AvgIpc) is 2.65. The van der Waals surface area contributed by atoms with Gasteiger partial charge in [-0.2, -0.15) is 0 Å². The Morgan fingerprint density at radius 3 is 2.93 bits per heavy atom. The molecule has 0 aliphatic carbocycles. The molecule has 2 unspecified atom stereocenters. The van der Waals surface area contributed by atoms with Crippen molar-refractivity contribution in [3.05, 3.63) is 18.0 Å². The fourth-order valence-corrected chi connectivity index (χ4v) is 0.907. The largest absolute Gasteiger partial charge is 0.360 e. The van der Waals surface area contributed by atoms with Gasteiger partial charge in [-0.25, -0.2) is 0 Å².